The van der Waals surface area contributed by atoms with Gasteiger partial charge in [-0.2, -0.15) is 13.2 Å². The fourth-order valence-electron chi connectivity index (χ4n) is 2.44. The van der Waals surface area contributed by atoms with Crippen molar-refractivity contribution in [2.75, 3.05) is 5.32 Å². The summed E-state index contributed by atoms with van der Waals surface area (Å²) in [4.78, 5) is 12.5. The van der Waals surface area contributed by atoms with Crippen molar-refractivity contribution in [3.05, 3.63) is 81.8 Å². The smallest absolute Gasteiger partial charge is 0.416 e. The molecule has 29 heavy (non-hydrogen) atoms. The lowest BCUT2D eigenvalue weighted by Crippen LogP contribution is -2.14. The van der Waals surface area contributed by atoms with Crippen molar-refractivity contribution < 1.29 is 27.8 Å². The topological polar surface area (TPSA) is 58.6 Å². The largest absolute Gasteiger partial charge is 0.507 e. The van der Waals surface area contributed by atoms with E-state index in [-0.39, 0.29) is 27.8 Å². The van der Waals surface area contributed by atoms with Crippen molar-refractivity contribution in [3.63, 3.8) is 0 Å². The maximum atomic E-state index is 13.1. The molecule has 0 aliphatic rings. The van der Waals surface area contributed by atoms with E-state index in [0.717, 1.165) is 24.3 Å². The Labute approximate surface area is 173 Å². The zero-order chi connectivity index (χ0) is 21.2. The average molecular weight is 442 g/mol. The van der Waals surface area contributed by atoms with Crippen molar-refractivity contribution in [2.24, 2.45) is 0 Å². The van der Waals surface area contributed by atoms with Gasteiger partial charge in [0.1, 0.15) is 11.5 Å². The van der Waals surface area contributed by atoms with Crippen molar-refractivity contribution in [1.29, 1.82) is 0 Å². The van der Waals surface area contributed by atoms with Crippen LogP contribution in [0.5, 0.6) is 17.2 Å². The Balaban J connectivity index is 1.98. The van der Waals surface area contributed by atoms with Gasteiger partial charge in [0.2, 0.25) is 0 Å². The van der Waals surface area contributed by atoms with Crippen LogP contribution in [0, 0.1) is 0 Å². The van der Waals surface area contributed by atoms with Crippen LogP contribution in [0.3, 0.4) is 0 Å². The quantitative estimate of drug-likeness (QED) is 0.469. The Bertz CT molecular complexity index is 1070. The summed E-state index contributed by atoms with van der Waals surface area (Å²) < 4.78 is 45.0. The van der Waals surface area contributed by atoms with Crippen LogP contribution in [0.25, 0.3) is 0 Å². The van der Waals surface area contributed by atoms with Gasteiger partial charge in [-0.15, -0.1) is 0 Å². The molecule has 9 heteroatoms. The van der Waals surface area contributed by atoms with Gasteiger partial charge in [0.05, 0.1) is 16.8 Å². The number of carbonyl (C=O) groups excluding carboxylic acids is 1. The zero-order valence-electron chi connectivity index (χ0n) is 14.4. The number of hydrogen-bond donors (Lipinski definition) is 2. The van der Waals surface area contributed by atoms with Crippen LogP contribution in [-0.2, 0) is 6.18 Å². The molecule has 3 aromatic carbocycles. The molecule has 0 aromatic heterocycles. The molecular weight excluding hydrogens is 430 g/mol. The third-order valence-corrected chi connectivity index (χ3v) is 4.25. The molecule has 2 N–H and O–H groups in total. The predicted molar refractivity (Wildman–Crippen MR) is 104 cm³/mol. The maximum Gasteiger partial charge on any atom is 0.416 e. The first kappa shape index (κ1) is 20.8. The second-order valence-corrected chi connectivity index (χ2v) is 6.76. The number of benzene rings is 3. The number of amides is 1. The third-order valence-electron chi connectivity index (χ3n) is 3.78. The second kappa shape index (κ2) is 8.23. The van der Waals surface area contributed by atoms with Crippen molar-refractivity contribution in [3.8, 4) is 17.2 Å². The Hall–Kier alpha value is -2.90. The first-order chi connectivity index (χ1) is 13.6. The number of anilines is 1. The number of phenolic OH excluding ortho intramolecular Hbond substituents is 1. The van der Waals surface area contributed by atoms with Gasteiger partial charge in [-0.25, -0.2) is 0 Å². The first-order valence-electron chi connectivity index (χ1n) is 8.08. The van der Waals surface area contributed by atoms with E-state index < -0.39 is 23.4 Å². The average Bonchev–Trinajstić information content (AvgIpc) is 2.62. The highest BCUT2D eigenvalue weighted by Gasteiger charge is 2.31. The molecule has 0 aliphatic heterocycles. The molecular formula is C20H12Cl2F3NO3. The Morgan fingerprint density at radius 1 is 0.966 bits per heavy atom. The van der Waals surface area contributed by atoms with Gasteiger partial charge in [-0.3, -0.25) is 4.79 Å². The van der Waals surface area contributed by atoms with Gasteiger partial charge in [-0.1, -0.05) is 29.3 Å². The first-order valence-corrected chi connectivity index (χ1v) is 8.83. The van der Waals surface area contributed by atoms with Gasteiger partial charge >= 0.3 is 6.18 Å². The standard InChI is InChI=1S/C20H12Cl2F3NO3/c21-12-2-1-3-14(9-12)29-18-7-4-11(20(23,24)25)8-16(18)26-19(28)15-6-5-13(22)10-17(15)27/h1-10,27H,(H,26,28). The van der Waals surface area contributed by atoms with Gasteiger partial charge < -0.3 is 15.2 Å². The van der Waals surface area contributed by atoms with E-state index in [0.29, 0.717) is 5.02 Å². The summed E-state index contributed by atoms with van der Waals surface area (Å²) in [7, 11) is 0. The molecule has 0 heterocycles. The molecule has 1 amide bonds. The van der Waals surface area contributed by atoms with Crippen molar-refractivity contribution in [1.82, 2.24) is 0 Å². The Morgan fingerprint density at radius 2 is 1.69 bits per heavy atom. The number of nitrogens with one attached hydrogen (secondary N) is 1. The Kier molecular flexibility index (Phi) is 5.91. The van der Waals surface area contributed by atoms with Crippen LogP contribution in [0.15, 0.2) is 60.7 Å². The second-order valence-electron chi connectivity index (χ2n) is 5.88. The molecule has 150 valence electrons. The van der Waals surface area contributed by atoms with Crippen LogP contribution >= 0.6 is 23.2 Å². The highest BCUT2D eigenvalue weighted by atomic mass is 35.5. The summed E-state index contributed by atoms with van der Waals surface area (Å²) >= 11 is 11.6. The molecule has 0 atom stereocenters. The van der Waals surface area contributed by atoms with E-state index in [2.05, 4.69) is 5.32 Å². The molecule has 3 rings (SSSR count). The number of rotatable bonds is 4. The van der Waals surface area contributed by atoms with Crippen LogP contribution in [0.4, 0.5) is 18.9 Å². The summed E-state index contributed by atoms with van der Waals surface area (Å²) in [5.41, 5.74) is -1.38. The van der Waals surface area contributed by atoms with Gasteiger partial charge in [0, 0.05) is 10.0 Å². The van der Waals surface area contributed by atoms with Gasteiger partial charge in [0.25, 0.3) is 5.91 Å². The number of aromatic hydroxyl groups is 1. The number of alkyl halides is 3. The summed E-state index contributed by atoms with van der Waals surface area (Å²) in [6.45, 7) is 0. The normalized spacial score (nSPS) is 11.2. The van der Waals surface area contributed by atoms with Crippen LogP contribution < -0.4 is 10.1 Å². The molecule has 0 saturated carbocycles. The highest BCUT2D eigenvalue weighted by Crippen LogP contribution is 2.37. The van der Waals surface area contributed by atoms with Gasteiger partial charge in [0.15, 0.2) is 5.75 Å². The monoisotopic (exact) mass is 441 g/mol. The molecule has 0 spiro atoms. The van der Waals surface area contributed by atoms with Crippen molar-refractivity contribution in [2.45, 2.75) is 6.18 Å². The van der Waals surface area contributed by atoms with E-state index >= 15 is 0 Å². The number of halogens is 5. The van der Waals surface area contributed by atoms with E-state index in [9.17, 15) is 23.1 Å². The van der Waals surface area contributed by atoms with E-state index in [1.165, 1.54) is 18.2 Å². The maximum absolute atomic E-state index is 13.1. The number of hydrogen-bond acceptors (Lipinski definition) is 3. The molecule has 4 nitrogen and oxygen atoms in total. The zero-order valence-corrected chi connectivity index (χ0v) is 15.9. The molecule has 0 bridgehead atoms. The van der Waals surface area contributed by atoms with Crippen LogP contribution in [-0.4, -0.2) is 11.0 Å². The number of ether oxygens (including phenoxy) is 1. The minimum absolute atomic E-state index is 0.0398. The summed E-state index contributed by atoms with van der Waals surface area (Å²) in [5, 5.41) is 12.8. The third kappa shape index (κ3) is 5.13. The summed E-state index contributed by atoms with van der Waals surface area (Å²) in [6, 6.07) is 12.6. The highest BCUT2D eigenvalue weighted by molar-refractivity contribution is 6.31. The molecule has 0 fully saturated rings. The fraction of sp³-hybridized carbons (Fsp3) is 0.0500. The number of phenols is 1. The fourth-order valence-corrected chi connectivity index (χ4v) is 2.78. The summed E-state index contributed by atoms with van der Waals surface area (Å²) in [6.07, 6.45) is -4.63. The van der Waals surface area contributed by atoms with E-state index in [1.807, 2.05) is 0 Å². The lowest BCUT2D eigenvalue weighted by molar-refractivity contribution is -0.137. The summed E-state index contributed by atoms with van der Waals surface area (Å²) in [5.74, 6) is -1.03. The van der Waals surface area contributed by atoms with E-state index in [4.69, 9.17) is 27.9 Å². The molecule has 3 aromatic rings. The van der Waals surface area contributed by atoms with Crippen LogP contribution in [0.1, 0.15) is 15.9 Å². The minimum atomic E-state index is -4.63. The number of carbonyl (C=O) groups is 1. The lowest BCUT2D eigenvalue weighted by Gasteiger charge is -2.16. The SMILES string of the molecule is O=C(Nc1cc(C(F)(F)F)ccc1Oc1cccc(Cl)c1)c1ccc(Cl)cc1O. The Morgan fingerprint density at radius 3 is 2.34 bits per heavy atom. The van der Waals surface area contributed by atoms with Crippen LogP contribution in [0.2, 0.25) is 10.0 Å². The molecule has 0 aliphatic carbocycles. The van der Waals surface area contributed by atoms with Crippen molar-refractivity contribution >= 4 is 34.8 Å². The lowest BCUT2D eigenvalue weighted by atomic mass is 10.1. The van der Waals surface area contributed by atoms with Gasteiger partial charge in [-0.05, 0) is 54.6 Å². The molecule has 0 unspecified atom stereocenters. The predicted octanol–water partition coefficient (Wildman–Crippen LogP) is 6.76. The minimum Gasteiger partial charge on any atom is -0.507 e. The molecule has 0 radical (unpaired) electrons. The molecule has 0 saturated heterocycles. The van der Waals surface area contributed by atoms with E-state index in [1.54, 1.807) is 18.2 Å².